The van der Waals surface area contributed by atoms with Gasteiger partial charge in [-0.05, 0) is 17.7 Å². The molecule has 2 aromatic rings. The summed E-state index contributed by atoms with van der Waals surface area (Å²) in [4.78, 5) is 0. The number of nitrogens with one attached hydrogen (secondary N) is 1. The van der Waals surface area contributed by atoms with E-state index in [0.29, 0.717) is 5.15 Å². The Hall–Kier alpha value is -1.48. The lowest BCUT2D eigenvalue weighted by atomic mass is 10.1. The van der Waals surface area contributed by atoms with Gasteiger partial charge in [-0.25, -0.2) is 0 Å². The SMILES string of the molecule is Oc1cccc(-c2cn[nH]c2Cl)c1. The van der Waals surface area contributed by atoms with Gasteiger partial charge in [-0.1, -0.05) is 23.7 Å². The summed E-state index contributed by atoms with van der Waals surface area (Å²) in [5.74, 6) is 0.217. The zero-order valence-electron chi connectivity index (χ0n) is 6.66. The van der Waals surface area contributed by atoms with Crippen molar-refractivity contribution in [2.45, 2.75) is 0 Å². The smallest absolute Gasteiger partial charge is 0.132 e. The van der Waals surface area contributed by atoms with Crippen LogP contribution in [-0.4, -0.2) is 15.3 Å². The number of aromatic amines is 1. The Kier molecular flexibility index (Phi) is 1.94. The number of halogens is 1. The molecule has 1 aromatic heterocycles. The van der Waals surface area contributed by atoms with Crippen molar-refractivity contribution in [3.05, 3.63) is 35.6 Å². The Morgan fingerprint density at radius 1 is 1.38 bits per heavy atom. The summed E-state index contributed by atoms with van der Waals surface area (Å²) in [5, 5.41) is 16.1. The molecule has 0 aliphatic heterocycles. The predicted octanol–water partition coefficient (Wildman–Crippen LogP) is 2.44. The minimum Gasteiger partial charge on any atom is -0.508 e. The van der Waals surface area contributed by atoms with Crippen LogP contribution in [0, 0.1) is 0 Å². The van der Waals surface area contributed by atoms with Gasteiger partial charge in [0.2, 0.25) is 0 Å². The minimum absolute atomic E-state index is 0.217. The maximum Gasteiger partial charge on any atom is 0.132 e. The Labute approximate surface area is 80.0 Å². The predicted molar refractivity (Wildman–Crippen MR) is 50.7 cm³/mol. The largest absolute Gasteiger partial charge is 0.508 e. The summed E-state index contributed by atoms with van der Waals surface area (Å²) < 4.78 is 0. The van der Waals surface area contributed by atoms with Crippen molar-refractivity contribution < 1.29 is 5.11 Å². The fraction of sp³-hybridized carbons (Fsp3) is 0. The molecule has 0 unspecified atom stereocenters. The molecule has 0 atom stereocenters. The van der Waals surface area contributed by atoms with Gasteiger partial charge < -0.3 is 5.11 Å². The van der Waals surface area contributed by atoms with Crippen molar-refractivity contribution in [1.29, 1.82) is 0 Å². The van der Waals surface area contributed by atoms with Crippen LogP contribution >= 0.6 is 11.6 Å². The third-order valence-electron chi connectivity index (χ3n) is 1.75. The first-order chi connectivity index (χ1) is 6.27. The minimum atomic E-state index is 0.217. The fourth-order valence-electron chi connectivity index (χ4n) is 1.15. The van der Waals surface area contributed by atoms with Gasteiger partial charge in [-0.15, -0.1) is 0 Å². The van der Waals surface area contributed by atoms with E-state index in [-0.39, 0.29) is 5.75 Å². The molecule has 0 saturated heterocycles. The third kappa shape index (κ3) is 1.51. The van der Waals surface area contributed by atoms with Crippen LogP contribution < -0.4 is 0 Å². The number of aromatic hydroxyl groups is 1. The number of H-pyrrole nitrogens is 1. The number of phenols is 1. The van der Waals surface area contributed by atoms with E-state index < -0.39 is 0 Å². The molecule has 3 nitrogen and oxygen atoms in total. The lowest BCUT2D eigenvalue weighted by Crippen LogP contribution is -1.74. The number of aromatic nitrogens is 2. The van der Waals surface area contributed by atoms with Crippen LogP contribution in [0.1, 0.15) is 0 Å². The number of nitrogens with zero attached hydrogens (tertiary/aromatic N) is 1. The van der Waals surface area contributed by atoms with Crippen LogP contribution in [0.25, 0.3) is 11.1 Å². The molecule has 1 heterocycles. The summed E-state index contributed by atoms with van der Waals surface area (Å²) in [5.41, 5.74) is 1.64. The molecule has 66 valence electrons. The highest BCUT2D eigenvalue weighted by atomic mass is 35.5. The Morgan fingerprint density at radius 3 is 2.85 bits per heavy atom. The molecular formula is C9H7ClN2O. The molecule has 0 fully saturated rings. The molecule has 4 heteroatoms. The number of rotatable bonds is 1. The van der Waals surface area contributed by atoms with Gasteiger partial charge in [-0.2, -0.15) is 5.10 Å². The normalized spacial score (nSPS) is 10.2. The molecule has 0 amide bonds. The third-order valence-corrected chi connectivity index (χ3v) is 2.04. The van der Waals surface area contributed by atoms with E-state index in [4.69, 9.17) is 11.6 Å². The molecule has 1 aromatic carbocycles. The maximum absolute atomic E-state index is 9.23. The monoisotopic (exact) mass is 194 g/mol. The van der Waals surface area contributed by atoms with Crippen molar-refractivity contribution in [2.24, 2.45) is 0 Å². The van der Waals surface area contributed by atoms with Crippen molar-refractivity contribution in [1.82, 2.24) is 10.2 Å². The average molecular weight is 195 g/mol. The quantitative estimate of drug-likeness (QED) is 0.733. The molecular weight excluding hydrogens is 188 g/mol. The number of hydrogen-bond acceptors (Lipinski definition) is 2. The standard InChI is InChI=1S/C9H7ClN2O/c10-9-8(5-11-12-9)6-2-1-3-7(13)4-6/h1-5,13H,(H,11,12). The zero-order chi connectivity index (χ0) is 9.26. The highest BCUT2D eigenvalue weighted by molar-refractivity contribution is 6.32. The zero-order valence-corrected chi connectivity index (χ0v) is 7.42. The molecule has 0 aliphatic carbocycles. The van der Waals surface area contributed by atoms with Crippen LogP contribution in [0.5, 0.6) is 5.75 Å². The first kappa shape index (κ1) is 8.13. The van der Waals surface area contributed by atoms with Gasteiger partial charge in [0.15, 0.2) is 0 Å². The molecule has 0 radical (unpaired) electrons. The van der Waals surface area contributed by atoms with E-state index in [1.165, 1.54) is 0 Å². The summed E-state index contributed by atoms with van der Waals surface area (Å²) in [6, 6.07) is 6.86. The van der Waals surface area contributed by atoms with Crippen LogP contribution in [0.4, 0.5) is 0 Å². The van der Waals surface area contributed by atoms with Gasteiger partial charge in [0.1, 0.15) is 10.9 Å². The molecule has 0 aliphatic rings. The summed E-state index contributed by atoms with van der Waals surface area (Å²) in [6.07, 6.45) is 1.62. The van der Waals surface area contributed by atoms with Crippen molar-refractivity contribution >= 4 is 11.6 Å². The van der Waals surface area contributed by atoms with E-state index in [0.717, 1.165) is 11.1 Å². The topological polar surface area (TPSA) is 48.9 Å². The highest BCUT2D eigenvalue weighted by Crippen LogP contribution is 2.27. The summed E-state index contributed by atoms with van der Waals surface area (Å²) in [7, 11) is 0. The molecule has 0 saturated carbocycles. The number of benzene rings is 1. The second-order valence-electron chi connectivity index (χ2n) is 2.65. The van der Waals surface area contributed by atoms with Crippen LogP contribution in [0.2, 0.25) is 5.15 Å². The maximum atomic E-state index is 9.23. The Balaban J connectivity index is 2.53. The second-order valence-corrected chi connectivity index (χ2v) is 3.03. The van der Waals surface area contributed by atoms with E-state index in [1.807, 2.05) is 6.07 Å². The molecule has 2 N–H and O–H groups in total. The van der Waals surface area contributed by atoms with Crippen LogP contribution in [-0.2, 0) is 0 Å². The van der Waals surface area contributed by atoms with Gasteiger partial charge in [-0.3, -0.25) is 5.10 Å². The van der Waals surface area contributed by atoms with Crippen molar-refractivity contribution in [3.63, 3.8) is 0 Å². The number of phenolic OH excluding ortho intramolecular Hbond substituents is 1. The van der Waals surface area contributed by atoms with Gasteiger partial charge in [0, 0.05) is 5.56 Å². The fourth-order valence-corrected chi connectivity index (χ4v) is 1.35. The molecule has 0 spiro atoms. The van der Waals surface area contributed by atoms with Crippen LogP contribution in [0.15, 0.2) is 30.5 Å². The van der Waals surface area contributed by atoms with Gasteiger partial charge in [0.05, 0.1) is 6.20 Å². The van der Waals surface area contributed by atoms with Gasteiger partial charge in [0.25, 0.3) is 0 Å². The van der Waals surface area contributed by atoms with Crippen molar-refractivity contribution in [3.8, 4) is 16.9 Å². The second kappa shape index (κ2) is 3.11. The lowest BCUT2D eigenvalue weighted by Gasteiger charge is -1.98. The highest BCUT2D eigenvalue weighted by Gasteiger charge is 2.04. The molecule has 13 heavy (non-hydrogen) atoms. The first-order valence-electron chi connectivity index (χ1n) is 3.75. The lowest BCUT2D eigenvalue weighted by molar-refractivity contribution is 0.475. The number of hydrogen-bond donors (Lipinski definition) is 2. The molecule has 2 rings (SSSR count). The first-order valence-corrected chi connectivity index (χ1v) is 4.13. The summed E-state index contributed by atoms with van der Waals surface area (Å²) >= 11 is 5.83. The summed E-state index contributed by atoms with van der Waals surface area (Å²) in [6.45, 7) is 0. The van der Waals surface area contributed by atoms with Gasteiger partial charge >= 0.3 is 0 Å². The van der Waals surface area contributed by atoms with Crippen molar-refractivity contribution in [2.75, 3.05) is 0 Å². The van der Waals surface area contributed by atoms with E-state index in [9.17, 15) is 5.11 Å². The van der Waals surface area contributed by atoms with E-state index >= 15 is 0 Å². The van der Waals surface area contributed by atoms with Crippen LogP contribution in [0.3, 0.4) is 0 Å². The Bertz CT molecular complexity index is 425. The van der Waals surface area contributed by atoms with E-state index in [1.54, 1.807) is 24.4 Å². The average Bonchev–Trinajstić information content (AvgIpc) is 2.51. The Morgan fingerprint density at radius 2 is 2.23 bits per heavy atom. The molecule has 0 bridgehead atoms. The van der Waals surface area contributed by atoms with E-state index in [2.05, 4.69) is 10.2 Å².